The fourth-order valence-electron chi connectivity index (χ4n) is 6.49. The molecule has 518 valence electrons. The molecule has 0 atom stereocenters. The number of hydrogen-bond acceptors (Lipinski definition) is 30. The number of hydrogen-bond donors (Lipinski definition) is 3. The number of aromatic nitrogens is 2. The maximum Gasteiger partial charge on any atom is 0.273 e. The highest BCUT2D eigenvalue weighted by atomic mass is 16.6. The number of carbonyl (C=O) groups is 2. The first-order chi connectivity index (χ1) is 43.5. The topological polar surface area (TPSA) is 346 Å². The molecule has 0 aliphatic heterocycles. The van der Waals surface area contributed by atoms with E-state index in [1.807, 2.05) is 0 Å². The van der Waals surface area contributed by atoms with E-state index in [9.17, 15) is 9.59 Å². The van der Waals surface area contributed by atoms with Crippen molar-refractivity contribution < 1.29 is 123 Å². The molecule has 0 bridgehead atoms. The lowest BCUT2D eigenvalue weighted by Crippen LogP contribution is -2.30. The maximum atomic E-state index is 12.8. The number of Topliss-reactive ketones (excluding diaryl/α,β-unsaturated/α-hetero) is 1. The lowest BCUT2D eigenvalue weighted by molar-refractivity contribution is -0.0280. The van der Waals surface area contributed by atoms with Crippen LogP contribution in [0.4, 0.5) is 11.6 Å². The van der Waals surface area contributed by atoms with E-state index in [-0.39, 0.29) is 48.4 Å². The highest BCUT2D eigenvalue weighted by molar-refractivity contribution is 6.01. The smallest absolute Gasteiger partial charge is 0.273 e. The second-order valence-corrected chi connectivity index (χ2v) is 17.9. The molecule has 1 heterocycles. The van der Waals surface area contributed by atoms with E-state index in [2.05, 4.69) is 15.3 Å². The molecule has 0 aliphatic carbocycles. The molecular formula is C57H109N5O26. The molecule has 31 nitrogen and oxygen atoms in total. The number of methoxy groups -OCH3 is 2. The zero-order valence-corrected chi connectivity index (χ0v) is 52.8. The van der Waals surface area contributed by atoms with E-state index in [0.29, 0.717) is 304 Å². The minimum Gasteiger partial charge on any atom is -0.382 e. The van der Waals surface area contributed by atoms with E-state index >= 15 is 0 Å². The summed E-state index contributed by atoms with van der Waals surface area (Å²) in [5, 5.41) is 2.65. The van der Waals surface area contributed by atoms with Gasteiger partial charge < -0.3 is 130 Å². The third kappa shape index (κ3) is 59.2. The zero-order chi connectivity index (χ0) is 63.2. The first-order valence-corrected chi connectivity index (χ1v) is 30.4. The molecule has 0 saturated heterocycles. The number of carbonyl (C=O) groups excluding carboxylic acids is 2. The van der Waals surface area contributed by atoms with Gasteiger partial charge in [0.05, 0.1) is 297 Å². The second kappa shape index (κ2) is 69.7. The highest BCUT2D eigenvalue weighted by Crippen LogP contribution is 2.16. The van der Waals surface area contributed by atoms with Crippen LogP contribution in [0.15, 0.2) is 0 Å². The summed E-state index contributed by atoms with van der Waals surface area (Å²) in [6.07, 6.45) is 0.508. The average molecular weight is 1280 g/mol. The molecule has 0 unspecified atom stereocenters. The van der Waals surface area contributed by atoms with E-state index in [1.165, 1.54) is 0 Å². The van der Waals surface area contributed by atoms with Crippen molar-refractivity contribution in [2.24, 2.45) is 0 Å². The quantitative estimate of drug-likeness (QED) is 0.0570. The van der Waals surface area contributed by atoms with Crippen molar-refractivity contribution >= 4 is 23.3 Å². The number of ketones is 1. The van der Waals surface area contributed by atoms with Crippen LogP contribution in [0.2, 0.25) is 0 Å². The molecule has 0 spiro atoms. The van der Waals surface area contributed by atoms with Gasteiger partial charge in [0.1, 0.15) is 0 Å². The Morgan fingerprint density at radius 3 is 0.682 bits per heavy atom. The number of nitrogens with two attached hydrogens (primary N) is 2. The second-order valence-electron chi connectivity index (χ2n) is 17.9. The summed E-state index contributed by atoms with van der Waals surface area (Å²) in [6, 6.07) is 0. The minimum absolute atomic E-state index is 0.0971. The fraction of sp³-hybridized carbons (Fsp3) is 0.895. The van der Waals surface area contributed by atoms with Crippen molar-refractivity contribution in [1.82, 2.24) is 15.3 Å². The van der Waals surface area contributed by atoms with Crippen LogP contribution >= 0.6 is 0 Å². The molecule has 1 amide bonds. The van der Waals surface area contributed by atoms with Gasteiger partial charge in [0.25, 0.3) is 5.91 Å². The molecular weight excluding hydrogens is 1170 g/mol. The largest absolute Gasteiger partial charge is 0.382 e. The lowest BCUT2D eigenvalue weighted by atomic mass is 10.1. The Morgan fingerprint density at radius 1 is 0.273 bits per heavy atom. The Kier molecular flexibility index (Phi) is 65.7. The Bertz CT molecular complexity index is 1510. The number of ether oxygens (including phenoxy) is 24. The maximum absolute atomic E-state index is 12.8. The van der Waals surface area contributed by atoms with Gasteiger partial charge in [-0.3, -0.25) is 9.59 Å². The van der Waals surface area contributed by atoms with Crippen molar-refractivity contribution in [3.8, 4) is 0 Å². The molecule has 5 N–H and O–H groups in total. The van der Waals surface area contributed by atoms with Gasteiger partial charge in [-0.05, 0) is 6.42 Å². The van der Waals surface area contributed by atoms with Crippen LogP contribution < -0.4 is 16.8 Å². The lowest BCUT2D eigenvalue weighted by Gasteiger charge is -2.10. The van der Waals surface area contributed by atoms with E-state index in [1.54, 1.807) is 14.2 Å². The van der Waals surface area contributed by atoms with E-state index in [0.717, 1.165) is 0 Å². The third-order valence-electron chi connectivity index (χ3n) is 11.0. The number of anilines is 2. The van der Waals surface area contributed by atoms with Crippen LogP contribution in [0, 0.1) is 0 Å². The normalized spacial score (nSPS) is 11.6. The van der Waals surface area contributed by atoms with Gasteiger partial charge in [-0.1, -0.05) is 0 Å². The van der Waals surface area contributed by atoms with Gasteiger partial charge in [0.2, 0.25) is 0 Å². The summed E-state index contributed by atoms with van der Waals surface area (Å²) in [5.41, 5.74) is 11.7. The van der Waals surface area contributed by atoms with Crippen molar-refractivity contribution in [3.05, 3.63) is 11.4 Å². The summed E-state index contributed by atoms with van der Waals surface area (Å²) in [4.78, 5) is 33.6. The summed E-state index contributed by atoms with van der Waals surface area (Å²) < 4.78 is 130. The summed E-state index contributed by atoms with van der Waals surface area (Å²) in [5.74, 6) is -1.37. The Hall–Kier alpha value is -3.14. The van der Waals surface area contributed by atoms with Crippen LogP contribution in [0.3, 0.4) is 0 Å². The molecule has 0 fully saturated rings. The molecule has 0 saturated carbocycles. The summed E-state index contributed by atoms with van der Waals surface area (Å²) in [7, 11) is 3.27. The molecule has 0 radical (unpaired) electrons. The number of amides is 1. The molecule has 1 rings (SSSR count). The molecule has 1 aromatic heterocycles. The third-order valence-corrected chi connectivity index (χ3v) is 11.0. The minimum atomic E-state index is -0.598. The van der Waals surface area contributed by atoms with Crippen LogP contribution in [-0.4, -0.2) is 346 Å². The van der Waals surface area contributed by atoms with E-state index in [4.69, 9.17) is 125 Å². The van der Waals surface area contributed by atoms with Crippen LogP contribution in [-0.2, 0) is 114 Å². The predicted molar refractivity (Wildman–Crippen MR) is 319 cm³/mol. The molecule has 31 heteroatoms. The number of nitrogens with zero attached hydrogens (tertiary/aromatic N) is 2. The van der Waals surface area contributed by atoms with Gasteiger partial charge in [0.15, 0.2) is 28.8 Å². The van der Waals surface area contributed by atoms with Crippen LogP contribution in [0.25, 0.3) is 0 Å². The number of nitrogen functional groups attached to an aromatic ring is 2. The van der Waals surface area contributed by atoms with Gasteiger partial charge in [-0.2, -0.15) is 0 Å². The molecule has 0 aromatic carbocycles. The van der Waals surface area contributed by atoms with Gasteiger partial charge in [-0.15, -0.1) is 0 Å². The van der Waals surface area contributed by atoms with Crippen molar-refractivity contribution in [1.29, 1.82) is 0 Å². The van der Waals surface area contributed by atoms with Crippen LogP contribution in [0.1, 0.15) is 33.8 Å². The van der Waals surface area contributed by atoms with E-state index < -0.39 is 5.91 Å². The zero-order valence-electron chi connectivity index (χ0n) is 52.8. The highest BCUT2D eigenvalue weighted by Gasteiger charge is 2.20. The monoisotopic (exact) mass is 1280 g/mol. The first kappa shape index (κ1) is 82.9. The Labute approximate surface area is 520 Å². The Balaban J connectivity index is 1.81. The molecule has 0 aliphatic rings. The summed E-state index contributed by atoms with van der Waals surface area (Å²) in [6.45, 7) is 21.4. The predicted octanol–water partition coefficient (Wildman–Crippen LogP) is -0.00830. The summed E-state index contributed by atoms with van der Waals surface area (Å²) >= 11 is 0. The van der Waals surface area contributed by atoms with Crippen LogP contribution in [0.5, 0.6) is 0 Å². The average Bonchev–Trinajstić information content (AvgIpc) is 3.73. The molecule has 88 heavy (non-hydrogen) atoms. The number of nitrogens with one attached hydrogen (secondary N) is 1. The fourth-order valence-corrected chi connectivity index (χ4v) is 6.49. The number of rotatable bonds is 75. The van der Waals surface area contributed by atoms with Gasteiger partial charge in [0, 0.05) is 33.8 Å². The van der Waals surface area contributed by atoms with Crippen molar-refractivity contribution in [2.75, 3.05) is 336 Å². The van der Waals surface area contributed by atoms with Crippen molar-refractivity contribution in [2.45, 2.75) is 12.8 Å². The molecule has 1 aromatic rings. The van der Waals surface area contributed by atoms with Gasteiger partial charge in [-0.25, -0.2) is 9.97 Å². The SMILES string of the molecule is COCCOCCOCCOCCOCCOCCOCCOCCOCCOCCOCCOCCCC(=O)c1nc(N)c(C(=O)NCCOCCOCCOCCOCCOCCOCCOCCOCCOCCOCCOCCOC)nc1N. The van der Waals surface area contributed by atoms with Gasteiger partial charge >= 0.3 is 0 Å². The standard InChI is InChI=1S/C57H109N5O26/c1-65-8-10-69-16-18-73-24-26-77-32-34-81-40-42-85-48-50-87-46-44-83-38-36-79-30-28-75-22-20-71-14-12-67-6-3-4-52(63)53-55(58)62-54(56(59)61-53)57(64)60-5-7-68-13-15-72-21-23-76-29-31-80-37-39-84-45-47-88-51-49-86-43-41-82-35-33-78-27-25-74-19-17-70-11-9-66-2/h3-51H2,1-2H3,(H2,58,62)(H2,59,61)(H,60,64). The van der Waals surface area contributed by atoms with Crippen molar-refractivity contribution in [3.63, 3.8) is 0 Å². The first-order valence-electron chi connectivity index (χ1n) is 30.4. The Morgan fingerprint density at radius 2 is 0.455 bits per heavy atom.